The van der Waals surface area contributed by atoms with Crippen LogP contribution in [0.1, 0.15) is 13.8 Å². The number of aromatic nitrogens is 1. The lowest BCUT2D eigenvalue weighted by atomic mass is 10.3. The summed E-state index contributed by atoms with van der Waals surface area (Å²) in [7, 11) is 1.42. The zero-order chi connectivity index (χ0) is 14.5. The second kappa shape index (κ2) is 6.81. The minimum absolute atomic E-state index is 0.220. The quantitative estimate of drug-likeness (QED) is 0.635. The Labute approximate surface area is 123 Å². The molecule has 1 heterocycles. The lowest BCUT2D eigenvalue weighted by Gasteiger charge is -2.18. The van der Waals surface area contributed by atoms with E-state index in [2.05, 4.69) is 22.4 Å². The number of rotatable bonds is 6. The lowest BCUT2D eigenvalue weighted by Crippen LogP contribution is -2.43. The molecule has 0 saturated heterocycles. The Morgan fingerprint density at radius 3 is 2.80 bits per heavy atom. The molecule has 108 valence electrons. The lowest BCUT2D eigenvalue weighted by molar-refractivity contribution is -0.142. The summed E-state index contributed by atoms with van der Waals surface area (Å²) in [6.45, 7) is 4.03. The molecule has 0 bridgehead atoms. The first-order valence-electron chi connectivity index (χ1n) is 6.64. The summed E-state index contributed by atoms with van der Waals surface area (Å²) in [5, 5.41) is 5.47. The minimum Gasteiger partial charge on any atom is -0.468 e. The smallest absolute Gasteiger partial charge is 0.323 e. The van der Waals surface area contributed by atoms with E-state index in [0.717, 1.165) is 10.5 Å². The number of ether oxygens (including phenoxy) is 1. The van der Waals surface area contributed by atoms with Crippen LogP contribution < -0.4 is 5.32 Å². The molecule has 1 unspecified atom stereocenters. The van der Waals surface area contributed by atoms with E-state index in [-0.39, 0.29) is 18.1 Å². The van der Waals surface area contributed by atoms with E-state index in [0.29, 0.717) is 5.75 Å². The molecule has 4 nitrogen and oxygen atoms in total. The minimum atomic E-state index is -0.295. The Balaban J connectivity index is 2.02. The topological polar surface area (TPSA) is 54.1 Å². The normalized spacial score (nSPS) is 12.8. The molecule has 2 aromatic rings. The van der Waals surface area contributed by atoms with Gasteiger partial charge >= 0.3 is 5.97 Å². The standard InChI is InChI=1S/C15H20N2O2S/c1-10(2)16-13(15(18)19-3)9-20-14-8-11-6-4-5-7-12(11)17-14/h4-8,10,13,16-17H,9H2,1-3H3. The van der Waals surface area contributed by atoms with Crippen LogP contribution in [0.15, 0.2) is 35.4 Å². The van der Waals surface area contributed by atoms with Crippen molar-refractivity contribution in [2.24, 2.45) is 0 Å². The molecule has 1 aromatic heterocycles. The van der Waals surface area contributed by atoms with Gasteiger partial charge in [-0.2, -0.15) is 0 Å². The fourth-order valence-corrected chi connectivity index (χ4v) is 3.00. The SMILES string of the molecule is COC(=O)C(CSc1cc2ccccc2[nH]1)NC(C)C. The maximum atomic E-state index is 11.7. The van der Waals surface area contributed by atoms with Crippen LogP contribution in [-0.4, -0.2) is 35.9 Å². The molecular weight excluding hydrogens is 272 g/mol. The van der Waals surface area contributed by atoms with E-state index in [4.69, 9.17) is 4.74 Å². The zero-order valence-corrected chi connectivity index (χ0v) is 12.8. The number of nitrogens with one attached hydrogen (secondary N) is 2. The summed E-state index contributed by atoms with van der Waals surface area (Å²) in [4.78, 5) is 15.1. The van der Waals surface area contributed by atoms with E-state index in [1.54, 1.807) is 11.8 Å². The summed E-state index contributed by atoms with van der Waals surface area (Å²) in [6.07, 6.45) is 0. The van der Waals surface area contributed by atoms with Crippen LogP contribution in [0.25, 0.3) is 10.9 Å². The van der Waals surface area contributed by atoms with Crippen molar-refractivity contribution in [3.05, 3.63) is 30.3 Å². The van der Waals surface area contributed by atoms with Gasteiger partial charge in [0.25, 0.3) is 0 Å². The monoisotopic (exact) mass is 292 g/mol. The van der Waals surface area contributed by atoms with Gasteiger partial charge in [-0.1, -0.05) is 32.0 Å². The van der Waals surface area contributed by atoms with E-state index in [1.165, 1.54) is 12.5 Å². The van der Waals surface area contributed by atoms with Crippen molar-refractivity contribution < 1.29 is 9.53 Å². The predicted octanol–water partition coefficient (Wildman–Crippen LogP) is 2.80. The van der Waals surface area contributed by atoms with Crippen LogP contribution in [-0.2, 0) is 9.53 Å². The summed E-state index contributed by atoms with van der Waals surface area (Å²) in [5.41, 5.74) is 1.11. The van der Waals surface area contributed by atoms with Crippen molar-refractivity contribution in [1.82, 2.24) is 10.3 Å². The van der Waals surface area contributed by atoms with Gasteiger partial charge in [0.05, 0.1) is 12.1 Å². The molecule has 0 radical (unpaired) electrons. The van der Waals surface area contributed by atoms with Gasteiger partial charge in [0.2, 0.25) is 0 Å². The summed E-state index contributed by atoms with van der Waals surface area (Å²) in [5.74, 6) is 0.417. The third-order valence-corrected chi connectivity index (χ3v) is 3.96. The number of fused-ring (bicyclic) bond motifs is 1. The van der Waals surface area contributed by atoms with E-state index in [1.807, 2.05) is 32.0 Å². The Hall–Kier alpha value is -1.46. The van der Waals surface area contributed by atoms with Crippen LogP contribution >= 0.6 is 11.8 Å². The average molecular weight is 292 g/mol. The number of carbonyl (C=O) groups excluding carboxylic acids is 1. The molecule has 0 aliphatic carbocycles. The maximum absolute atomic E-state index is 11.7. The number of H-pyrrole nitrogens is 1. The van der Waals surface area contributed by atoms with Crippen molar-refractivity contribution in [1.29, 1.82) is 0 Å². The first-order valence-corrected chi connectivity index (χ1v) is 7.63. The number of methoxy groups -OCH3 is 1. The molecular formula is C15H20N2O2S. The third kappa shape index (κ3) is 3.77. The fourth-order valence-electron chi connectivity index (χ4n) is 2.03. The third-order valence-electron chi connectivity index (χ3n) is 2.93. The van der Waals surface area contributed by atoms with Gasteiger partial charge in [-0.25, -0.2) is 0 Å². The Kier molecular flexibility index (Phi) is 5.09. The summed E-state index contributed by atoms with van der Waals surface area (Å²) >= 11 is 1.62. The van der Waals surface area contributed by atoms with Crippen molar-refractivity contribution in [3.63, 3.8) is 0 Å². The first-order chi connectivity index (χ1) is 9.60. The molecule has 2 rings (SSSR count). The molecule has 0 aliphatic heterocycles. The van der Waals surface area contributed by atoms with Gasteiger partial charge in [-0.3, -0.25) is 4.79 Å². The number of benzene rings is 1. The Morgan fingerprint density at radius 2 is 2.15 bits per heavy atom. The molecule has 1 aromatic carbocycles. The van der Waals surface area contributed by atoms with Crippen LogP contribution in [0.4, 0.5) is 0 Å². The van der Waals surface area contributed by atoms with Crippen LogP contribution in [0.3, 0.4) is 0 Å². The molecule has 5 heteroatoms. The molecule has 2 N–H and O–H groups in total. The van der Waals surface area contributed by atoms with Crippen LogP contribution in [0.5, 0.6) is 0 Å². The summed E-state index contributed by atoms with van der Waals surface area (Å²) in [6, 6.07) is 10.2. The van der Waals surface area contributed by atoms with E-state index in [9.17, 15) is 4.79 Å². The highest BCUT2D eigenvalue weighted by atomic mass is 32.2. The van der Waals surface area contributed by atoms with E-state index >= 15 is 0 Å². The van der Waals surface area contributed by atoms with E-state index < -0.39 is 0 Å². The highest BCUT2D eigenvalue weighted by molar-refractivity contribution is 7.99. The predicted molar refractivity (Wildman–Crippen MR) is 83.1 cm³/mol. The maximum Gasteiger partial charge on any atom is 0.323 e. The number of thioether (sulfide) groups is 1. The Bertz CT molecular complexity index is 547. The van der Waals surface area contributed by atoms with Gasteiger partial charge in [0.1, 0.15) is 6.04 Å². The Morgan fingerprint density at radius 1 is 1.40 bits per heavy atom. The van der Waals surface area contributed by atoms with Gasteiger partial charge in [0, 0.05) is 22.7 Å². The number of hydrogen-bond acceptors (Lipinski definition) is 4. The second-order valence-electron chi connectivity index (χ2n) is 4.93. The first kappa shape index (κ1) is 14.9. The molecule has 1 atom stereocenters. The van der Waals surface area contributed by atoms with Crippen molar-refractivity contribution in [2.45, 2.75) is 31.0 Å². The summed E-state index contributed by atoms with van der Waals surface area (Å²) < 4.78 is 4.84. The number of hydrogen-bond donors (Lipinski definition) is 2. The van der Waals surface area contributed by atoms with Crippen LogP contribution in [0.2, 0.25) is 0 Å². The molecule has 20 heavy (non-hydrogen) atoms. The zero-order valence-electron chi connectivity index (χ0n) is 12.0. The number of aromatic amines is 1. The highest BCUT2D eigenvalue weighted by Crippen LogP contribution is 2.23. The number of carbonyl (C=O) groups is 1. The average Bonchev–Trinajstić information content (AvgIpc) is 2.84. The second-order valence-corrected chi connectivity index (χ2v) is 5.99. The molecule has 0 saturated carbocycles. The van der Waals surface area contributed by atoms with Gasteiger partial charge in [-0.05, 0) is 12.1 Å². The number of para-hydroxylation sites is 1. The van der Waals surface area contributed by atoms with Crippen LogP contribution in [0, 0.1) is 0 Å². The van der Waals surface area contributed by atoms with Crippen molar-refractivity contribution in [2.75, 3.05) is 12.9 Å². The molecule has 0 spiro atoms. The van der Waals surface area contributed by atoms with Gasteiger partial charge in [0.15, 0.2) is 0 Å². The van der Waals surface area contributed by atoms with Crippen molar-refractivity contribution in [3.8, 4) is 0 Å². The van der Waals surface area contributed by atoms with Gasteiger partial charge < -0.3 is 15.0 Å². The van der Waals surface area contributed by atoms with Gasteiger partial charge in [-0.15, -0.1) is 11.8 Å². The molecule has 0 fully saturated rings. The largest absolute Gasteiger partial charge is 0.468 e. The highest BCUT2D eigenvalue weighted by Gasteiger charge is 2.20. The van der Waals surface area contributed by atoms with Crippen molar-refractivity contribution >= 4 is 28.6 Å². The fraction of sp³-hybridized carbons (Fsp3) is 0.400. The molecule has 0 aliphatic rings. The number of esters is 1. The molecule has 0 amide bonds.